The number of benzene rings is 1. The number of hydrogen-bond donors (Lipinski definition) is 2. The molecule has 1 heterocycles. The minimum Gasteiger partial charge on any atom is -0.477 e. The quantitative estimate of drug-likeness (QED) is 0.844. The first kappa shape index (κ1) is 14.3. The second kappa shape index (κ2) is 6.34. The van der Waals surface area contributed by atoms with Crippen molar-refractivity contribution in [3.8, 4) is 0 Å². The molecule has 5 nitrogen and oxygen atoms in total. The van der Waals surface area contributed by atoms with Crippen LogP contribution in [0.5, 0.6) is 0 Å². The molecule has 0 spiro atoms. The van der Waals surface area contributed by atoms with Crippen molar-refractivity contribution in [3.05, 3.63) is 36.0 Å². The summed E-state index contributed by atoms with van der Waals surface area (Å²) in [4.78, 5) is 17.4. The molecule has 0 amide bonds. The topological polar surface area (TPSA) is 73.7 Å². The van der Waals surface area contributed by atoms with Gasteiger partial charge in [-0.15, -0.1) is 0 Å². The molecule has 0 aliphatic rings. The third-order valence-electron chi connectivity index (χ3n) is 3.22. The summed E-state index contributed by atoms with van der Waals surface area (Å²) in [5, 5.41) is 19.1. The van der Waals surface area contributed by atoms with Crippen molar-refractivity contribution in [2.45, 2.75) is 13.3 Å². The van der Waals surface area contributed by atoms with Crippen LogP contribution in [0.15, 0.2) is 30.3 Å². The minimum absolute atomic E-state index is 0.0427. The molecule has 0 atom stereocenters. The normalized spacial score (nSPS) is 10.7. The molecule has 0 aliphatic heterocycles. The number of para-hydroxylation sites is 1. The SMILES string of the molecule is CCN(CCCO)c1cc(C(=O)O)nc2ccccc12. The molecule has 2 N–H and O–H groups in total. The Morgan fingerprint density at radius 1 is 1.35 bits per heavy atom. The molecule has 0 saturated heterocycles. The van der Waals surface area contributed by atoms with Gasteiger partial charge in [-0.25, -0.2) is 9.78 Å². The molecular formula is C15H18N2O3. The van der Waals surface area contributed by atoms with Crippen LogP contribution in [0.25, 0.3) is 10.9 Å². The second-order valence-electron chi connectivity index (χ2n) is 4.51. The average Bonchev–Trinajstić information content (AvgIpc) is 2.47. The van der Waals surface area contributed by atoms with E-state index in [0.29, 0.717) is 18.5 Å². The lowest BCUT2D eigenvalue weighted by Crippen LogP contribution is -2.25. The zero-order valence-electron chi connectivity index (χ0n) is 11.4. The van der Waals surface area contributed by atoms with Crippen LogP contribution in [0.1, 0.15) is 23.8 Å². The molecule has 0 bridgehead atoms. The van der Waals surface area contributed by atoms with Crippen LogP contribution in [-0.2, 0) is 0 Å². The first-order valence-electron chi connectivity index (χ1n) is 6.66. The number of aromatic nitrogens is 1. The van der Waals surface area contributed by atoms with Crippen LogP contribution in [0.4, 0.5) is 5.69 Å². The van der Waals surface area contributed by atoms with Gasteiger partial charge < -0.3 is 15.1 Å². The Morgan fingerprint density at radius 2 is 2.10 bits per heavy atom. The highest BCUT2D eigenvalue weighted by Gasteiger charge is 2.14. The van der Waals surface area contributed by atoms with Gasteiger partial charge in [0.25, 0.3) is 0 Å². The van der Waals surface area contributed by atoms with E-state index >= 15 is 0 Å². The van der Waals surface area contributed by atoms with E-state index in [0.717, 1.165) is 17.6 Å². The van der Waals surface area contributed by atoms with E-state index in [1.165, 1.54) is 0 Å². The zero-order chi connectivity index (χ0) is 14.5. The van der Waals surface area contributed by atoms with Crippen LogP contribution in [-0.4, -0.2) is 40.9 Å². The minimum atomic E-state index is -1.03. The second-order valence-corrected chi connectivity index (χ2v) is 4.51. The lowest BCUT2D eigenvalue weighted by atomic mass is 10.1. The van der Waals surface area contributed by atoms with Crippen molar-refractivity contribution in [2.75, 3.05) is 24.6 Å². The highest BCUT2D eigenvalue weighted by atomic mass is 16.4. The summed E-state index contributed by atoms with van der Waals surface area (Å²) in [6.07, 6.45) is 0.646. The summed E-state index contributed by atoms with van der Waals surface area (Å²) >= 11 is 0. The molecule has 0 radical (unpaired) electrons. The maximum atomic E-state index is 11.2. The largest absolute Gasteiger partial charge is 0.477 e. The van der Waals surface area contributed by atoms with Crippen molar-refractivity contribution < 1.29 is 15.0 Å². The fraction of sp³-hybridized carbons (Fsp3) is 0.333. The molecule has 1 aromatic carbocycles. The van der Waals surface area contributed by atoms with E-state index in [2.05, 4.69) is 9.88 Å². The Bertz CT molecular complexity index is 613. The maximum absolute atomic E-state index is 11.2. The van der Waals surface area contributed by atoms with Crippen molar-refractivity contribution in [1.82, 2.24) is 4.98 Å². The van der Waals surface area contributed by atoms with Gasteiger partial charge in [0.15, 0.2) is 5.69 Å². The highest BCUT2D eigenvalue weighted by Crippen LogP contribution is 2.27. The number of anilines is 1. The Hall–Kier alpha value is -2.14. The Kier molecular flexibility index (Phi) is 4.53. The molecule has 2 aromatic rings. The number of nitrogens with zero attached hydrogens (tertiary/aromatic N) is 2. The lowest BCUT2D eigenvalue weighted by Gasteiger charge is -2.24. The molecule has 20 heavy (non-hydrogen) atoms. The Morgan fingerprint density at radius 3 is 2.75 bits per heavy atom. The van der Waals surface area contributed by atoms with Crippen LogP contribution >= 0.6 is 0 Å². The number of carboxylic acid groups (broad SMARTS) is 1. The monoisotopic (exact) mass is 274 g/mol. The van der Waals surface area contributed by atoms with Gasteiger partial charge in [-0.05, 0) is 25.5 Å². The van der Waals surface area contributed by atoms with Gasteiger partial charge in [0, 0.05) is 30.8 Å². The van der Waals surface area contributed by atoms with E-state index in [9.17, 15) is 9.90 Å². The summed E-state index contributed by atoms with van der Waals surface area (Å²) in [5.74, 6) is -1.03. The molecule has 2 rings (SSSR count). The molecule has 106 valence electrons. The van der Waals surface area contributed by atoms with Crippen molar-refractivity contribution in [1.29, 1.82) is 0 Å². The van der Waals surface area contributed by atoms with Gasteiger partial charge in [-0.2, -0.15) is 0 Å². The number of rotatable bonds is 6. The molecule has 1 aromatic heterocycles. The van der Waals surface area contributed by atoms with Gasteiger partial charge >= 0.3 is 5.97 Å². The fourth-order valence-corrected chi connectivity index (χ4v) is 2.24. The third-order valence-corrected chi connectivity index (χ3v) is 3.22. The Labute approximate surface area is 117 Å². The van der Waals surface area contributed by atoms with Crippen LogP contribution in [0.3, 0.4) is 0 Å². The van der Waals surface area contributed by atoms with Crippen molar-refractivity contribution in [3.63, 3.8) is 0 Å². The van der Waals surface area contributed by atoms with Crippen LogP contribution in [0.2, 0.25) is 0 Å². The highest BCUT2D eigenvalue weighted by molar-refractivity contribution is 5.97. The fourth-order valence-electron chi connectivity index (χ4n) is 2.24. The summed E-state index contributed by atoms with van der Waals surface area (Å²) in [7, 11) is 0. The number of carbonyl (C=O) groups is 1. The summed E-state index contributed by atoms with van der Waals surface area (Å²) in [6.45, 7) is 3.55. The molecule has 5 heteroatoms. The van der Waals surface area contributed by atoms with Crippen LogP contribution in [0, 0.1) is 0 Å². The molecule has 0 saturated carbocycles. The Balaban J connectivity index is 2.56. The van der Waals surface area contributed by atoms with Gasteiger partial charge in [-0.3, -0.25) is 0 Å². The number of aliphatic hydroxyl groups is 1. The molecule has 0 unspecified atom stereocenters. The first-order chi connectivity index (χ1) is 9.67. The average molecular weight is 274 g/mol. The van der Waals surface area contributed by atoms with E-state index in [1.807, 2.05) is 31.2 Å². The number of pyridine rings is 1. The predicted molar refractivity (Wildman–Crippen MR) is 78.3 cm³/mol. The molecule has 0 aliphatic carbocycles. The summed E-state index contributed by atoms with van der Waals surface area (Å²) in [6, 6.07) is 9.10. The van der Waals surface area contributed by atoms with Gasteiger partial charge in [0.05, 0.1) is 5.52 Å². The van der Waals surface area contributed by atoms with Gasteiger partial charge in [-0.1, -0.05) is 18.2 Å². The smallest absolute Gasteiger partial charge is 0.354 e. The van der Waals surface area contributed by atoms with Crippen molar-refractivity contribution >= 4 is 22.6 Å². The van der Waals surface area contributed by atoms with Gasteiger partial charge in [0.2, 0.25) is 0 Å². The van der Waals surface area contributed by atoms with E-state index in [1.54, 1.807) is 6.07 Å². The van der Waals surface area contributed by atoms with Gasteiger partial charge in [0.1, 0.15) is 0 Å². The number of aromatic carboxylic acids is 1. The third kappa shape index (κ3) is 2.88. The molecular weight excluding hydrogens is 256 g/mol. The number of fused-ring (bicyclic) bond motifs is 1. The lowest BCUT2D eigenvalue weighted by molar-refractivity contribution is 0.0691. The van der Waals surface area contributed by atoms with E-state index < -0.39 is 5.97 Å². The number of aliphatic hydroxyl groups excluding tert-OH is 1. The van der Waals surface area contributed by atoms with Crippen molar-refractivity contribution in [2.24, 2.45) is 0 Å². The van der Waals surface area contributed by atoms with E-state index in [4.69, 9.17) is 5.11 Å². The predicted octanol–water partition coefficient (Wildman–Crippen LogP) is 2.14. The van der Waals surface area contributed by atoms with Crippen LogP contribution < -0.4 is 4.90 Å². The summed E-state index contributed by atoms with van der Waals surface area (Å²) < 4.78 is 0. The first-order valence-corrected chi connectivity index (χ1v) is 6.66. The standard InChI is InChI=1S/C15H18N2O3/c1-2-17(8-5-9-18)14-10-13(15(19)20)16-12-7-4-3-6-11(12)14/h3-4,6-7,10,18H,2,5,8-9H2,1H3,(H,19,20). The summed E-state index contributed by atoms with van der Waals surface area (Å²) in [5.41, 5.74) is 1.56. The maximum Gasteiger partial charge on any atom is 0.354 e. The zero-order valence-corrected chi connectivity index (χ0v) is 11.4. The van der Waals surface area contributed by atoms with E-state index in [-0.39, 0.29) is 12.3 Å². The molecule has 0 fully saturated rings. The number of hydrogen-bond acceptors (Lipinski definition) is 4. The number of carboxylic acids is 1.